The van der Waals surface area contributed by atoms with E-state index in [1.807, 2.05) is 0 Å². The predicted octanol–water partition coefficient (Wildman–Crippen LogP) is 4.02. The van der Waals surface area contributed by atoms with E-state index < -0.39 is 36.3 Å². The van der Waals surface area contributed by atoms with Crippen LogP contribution in [0.5, 0.6) is 0 Å². The molecule has 172 valence electrons. The lowest BCUT2D eigenvalue weighted by molar-refractivity contribution is -0.232. The molecule has 0 N–H and O–H groups in total. The Morgan fingerprint density at radius 3 is 1.90 bits per heavy atom. The van der Waals surface area contributed by atoms with Crippen molar-refractivity contribution < 1.29 is 38.1 Å². The van der Waals surface area contributed by atoms with Crippen molar-refractivity contribution in [2.45, 2.75) is 86.0 Å². The molecule has 1 aliphatic rings. The molecule has 8 heteroatoms. The van der Waals surface area contributed by atoms with Crippen LogP contribution in [-0.2, 0) is 38.1 Å². The molecule has 0 saturated carbocycles. The summed E-state index contributed by atoms with van der Waals surface area (Å²) in [5.74, 6) is -5.11. The highest BCUT2D eigenvalue weighted by molar-refractivity contribution is 5.93. The fourth-order valence-corrected chi connectivity index (χ4v) is 1.37. The van der Waals surface area contributed by atoms with Crippen LogP contribution < -0.4 is 0 Å². The number of carbonyl (C=O) groups excluding carboxylic acids is 4. The Morgan fingerprint density at radius 2 is 1.43 bits per heavy atom. The van der Waals surface area contributed by atoms with Crippen molar-refractivity contribution in [3.8, 4) is 0 Å². The van der Waals surface area contributed by atoms with E-state index in [9.17, 15) is 19.2 Å². The van der Waals surface area contributed by atoms with Crippen LogP contribution in [0.2, 0.25) is 0 Å². The molecule has 1 rings (SSSR count). The number of carbonyl (C=O) groups is 4. The molecule has 0 amide bonds. The lowest BCUT2D eigenvalue weighted by Crippen LogP contribution is -2.42. The van der Waals surface area contributed by atoms with Gasteiger partial charge in [-0.15, -0.1) is 0 Å². The highest BCUT2D eigenvalue weighted by Crippen LogP contribution is 2.16. The van der Waals surface area contributed by atoms with Gasteiger partial charge in [0.1, 0.15) is 0 Å². The molecule has 0 bridgehead atoms. The van der Waals surface area contributed by atoms with Gasteiger partial charge in [-0.3, -0.25) is 0 Å². The van der Waals surface area contributed by atoms with Crippen LogP contribution in [0.4, 0.5) is 0 Å². The lowest BCUT2D eigenvalue weighted by atomic mass is 10.3. The predicted molar refractivity (Wildman–Crippen MR) is 112 cm³/mol. The van der Waals surface area contributed by atoms with Crippen molar-refractivity contribution in [2.24, 2.45) is 0 Å². The fourth-order valence-electron chi connectivity index (χ4n) is 1.37. The molecule has 0 aromatic carbocycles. The Balaban J connectivity index is 0. The number of unbranched alkanes of at least 4 members (excludes halogenated alkanes) is 2. The number of ether oxygens (including phenoxy) is 4. The first-order valence-corrected chi connectivity index (χ1v) is 10.2. The standard InChI is InChI=1S/C14H16O8.2C4H10/c1-9(2)20-11(16)5-7-13(18)22-14(3)8-19-10(15)4-6-12(17)21-14;2*1-3-4-2/h4-7,9H,8H2,1-3H3;2*3-4H2,1-2H3/b6-4+,7-5+;;. The Morgan fingerprint density at radius 1 is 0.967 bits per heavy atom. The van der Waals surface area contributed by atoms with Gasteiger partial charge in [-0.2, -0.15) is 0 Å². The van der Waals surface area contributed by atoms with Gasteiger partial charge in [-0.1, -0.05) is 53.4 Å². The largest absolute Gasteiger partial charge is 0.460 e. The average molecular weight is 429 g/mol. The average Bonchev–Trinajstić information content (AvgIpc) is 2.68. The number of hydrogen-bond donors (Lipinski definition) is 0. The first kappa shape index (κ1) is 29.6. The van der Waals surface area contributed by atoms with Crippen LogP contribution in [0.3, 0.4) is 0 Å². The Kier molecular flexibility index (Phi) is 17.0. The van der Waals surface area contributed by atoms with Gasteiger partial charge < -0.3 is 18.9 Å². The van der Waals surface area contributed by atoms with Crippen molar-refractivity contribution >= 4 is 23.9 Å². The molecule has 1 unspecified atom stereocenters. The highest BCUT2D eigenvalue weighted by atomic mass is 16.7. The summed E-state index contributed by atoms with van der Waals surface area (Å²) < 4.78 is 19.3. The third kappa shape index (κ3) is 17.5. The third-order valence-electron chi connectivity index (χ3n) is 3.17. The summed E-state index contributed by atoms with van der Waals surface area (Å²) in [6.45, 7) is 12.8. The van der Waals surface area contributed by atoms with E-state index in [-0.39, 0.29) is 6.10 Å². The molecule has 0 saturated heterocycles. The van der Waals surface area contributed by atoms with Crippen LogP contribution in [0.25, 0.3) is 0 Å². The SMILES string of the molecule is CC(C)OC(=O)/C=C/C(=O)OC1(C)COC(=O)/C=C/C(=O)O1.CCCC.CCCC. The van der Waals surface area contributed by atoms with Gasteiger partial charge in [0, 0.05) is 31.2 Å². The van der Waals surface area contributed by atoms with Gasteiger partial charge >= 0.3 is 23.9 Å². The van der Waals surface area contributed by atoms with Gasteiger partial charge in [0.15, 0.2) is 6.61 Å². The maximum atomic E-state index is 11.6. The number of rotatable bonds is 6. The highest BCUT2D eigenvalue weighted by Gasteiger charge is 2.35. The van der Waals surface area contributed by atoms with Crippen LogP contribution in [0, 0.1) is 0 Å². The lowest BCUT2D eigenvalue weighted by Gasteiger charge is -2.28. The molecule has 0 spiro atoms. The molecule has 0 aromatic heterocycles. The van der Waals surface area contributed by atoms with Gasteiger partial charge in [-0.25, -0.2) is 19.2 Å². The molecule has 1 aliphatic heterocycles. The van der Waals surface area contributed by atoms with E-state index in [0.29, 0.717) is 0 Å². The van der Waals surface area contributed by atoms with E-state index in [2.05, 4.69) is 27.7 Å². The van der Waals surface area contributed by atoms with Gasteiger partial charge in [0.05, 0.1) is 6.10 Å². The van der Waals surface area contributed by atoms with E-state index in [0.717, 1.165) is 24.3 Å². The number of esters is 4. The molecule has 30 heavy (non-hydrogen) atoms. The first-order chi connectivity index (χ1) is 14.0. The van der Waals surface area contributed by atoms with E-state index in [1.165, 1.54) is 32.6 Å². The maximum Gasteiger partial charge on any atom is 0.334 e. The van der Waals surface area contributed by atoms with Crippen molar-refractivity contribution in [3.05, 3.63) is 24.3 Å². The first-order valence-electron chi connectivity index (χ1n) is 10.2. The zero-order valence-corrected chi connectivity index (χ0v) is 19.2. The van der Waals surface area contributed by atoms with E-state index >= 15 is 0 Å². The second-order valence-electron chi connectivity index (χ2n) is 6.74. The summed E-state index contributed by atoms with van der Waals surface area (Å²) in [6.07, 6.45) is 8.39. The zero-order chi connectivity index (χ0) is 23.6. The summed E-state index contributed by atoms with van der Waals surface area (Å²) in [4.78, 5) is 45.4. The van der Waals surface area contributed by atoms with Gasteiger partial charge in [0.25, 0.3) is 5.79 Å². The Labute approximate surface area is 179 Å². The summed E-state index contributed by atoms with van der Waals surface area (Å²) in [7, 11) is 0. The molecular formula is C22H36O8. The van der Waals surface area contributed by atoms with Crippen LogP contribution in [0.15, 0.2) is 24.3 Å². The van der Waals surface area contributed by atoms with Gasteiger partial charge in [0.2, 0.25) is 0 Å². The molecule has 1 heterocycles. The molecule has 1 atom stereocenters. The summed E-state index contributed by atoms with van der Waals surface area (Å²) in [6, 6.07) is 0. The monoisotopic (exact) mass is 428 g/mol. The third-order valence-corrected chi connectivity index (χ3v) is 3.17. The second kappa shape index (κ2) is 17.2. The molecule has 8 nitrogen and oxygen atoms in total. The molecular weight excluding hydrogens is 392 g/mol. The van der Waals surface area contributed by atoms with Crippen molar-refractivity contribution in [1.29, 1.82) is 0 Å². The van der Waals surface area contributed by atoms with Crippen molar-refractivity contribution in [3.63, 3.8) is 0 Å². The summed E-state index contributed by atoms with van der Waals surface area (Å²) in [5.41, 5.74) is 0. The van der Waals surface area contributed by atoms with Crippen LogP contribution >= 0.6 is 0 Å². The van der Waals surface area contributed by atoms with E-state index in [4.69, 9.17) is 18.9 Å². The topological polar surface area (TPSA) is 105 Å². The second-order valence-corrected chi connectivity index (χ2v) is 6.74. The molecule has 0 fully saturated rings. The van der Waals surface area contributed by atoms with Crippen LogP contribution in [0.1, 0.15) is 74.1 Å². The van der Waals surface area contributed by atoms with E-state index in [1.54, 1.807) is 13.8 Å². The molecule has 0 aliphatic carbocycles. The van der Waals surface area contributed by atoms with Crippen molar-refractivity contribution in [1.82, 2.24) is 0 Å². The van der Waals surface area contributed by atoms with Crippen LogP contribution in [-0.4, -0.2) is 42.4 Å². The summed E-state index contributed by atoms with van der Waals surface area (Å²) in [5, 5.41) is 0. The normalized spacial score (nSPS) is 19.1. The Bertz CT molecular complexity index is 584. The fraction of sp³-hybridized carbons (Fsp3) is 0.636. The minimum absolute atomic E-state index is 0.330. The molecule has 0 radical (unpaired) electrons. The minimum atomic E-state index is -1.79. The number of hydrogen-bond acceptors (Lipinski definition) is 8. The molecule has 0 aromatic rings. The number of cyclic esters (lactones) is 2. The zero-order valence-electron chi connectivity index (χ0n) is 19.2. The maximum absolute atomic E-state index is 11.6. The summed E-state index contributed by atoms with van der Waals surface area (Å²) >= 11 is 0. The van der Waals surface area contributed by atoms with Crippen molar-refractivity contribution in [2.75, 3.05) is 6.61 Å². The quantitative estimate of drug-likeness (QED) is 0.355. The Hall–Kier alpha value is -2.64. The van der Waals surface area contributed by atoms with Gasteiger partial charge in [-0.05, 0) is 13.8 Å². The minimum Gasteiger partial charge on any atom is -0.460 e. The smallest absolute Gasteiger partial charge is 0.334 e.